The summed E-state index contributed by atoms with van der Waals surface area (Å²) in [6.45, 7) is 22.1. The van der Waals surface area contributed by atoms with E-state index in [2.05, 4.69) is 130 Å². The normalized spacial score (nSPS) is 12.1. The predicted octanol–water partition coefficient (Wildman–Crippen LogP) is 10.6. The van der Waals surface area contributed by atoms with Gasteiger partial charge < -0.3 is 9.84 Å². The van der Waals surface area contributed by atoms with Gasteiger partial charge in [0, 0.05) is 22.3 Å². The van der Waals surface area contributed by atoms with E-state index in [0.717, 1.165) is 40.8 Å². The van der Waals surface area contributed by atoms with Gasteiger partial charge in [-0.05, 0) is 98.6 Å². The van der Waals surface area contributed by atoms with Crippen molar-refractivity contribution in [3.63, 3.8) is 0 Å². The van der Waals surface area contributed by atoms with Crippen molar-refractivity contribution >= 4 is 0 Å². The lowest BCUT2D eigenvalue weighted by Crippen LogP contribution is -2.25. The Labute approximate surface area is 248 Å². The molecule has 0 fully saturated rings. The van der Waals surface area contributed by atoms with Crippen molar-refractivity contribution < 1.29 is 9.84 Å². The molecule has 0 saturated carbocycles. The van der Waals surface area contributed by atoms with E-state index in [4.69, 9.17) is 4.74 Å². The summed E-state index contributed by atoms with van der Waals surface area (Å²) in [4.78, 5) is 0. The second-order valence-corrected chi connectivity index (χ2v) is 13.4. The van der Waals surface area contributed by atoms with E-state index < -0.39 is 0 Å². The third-order valence-corrected chi connectivity index (χ3v) is 8.98. The Morgan fingerprint density at radius 3 is 1.44 bits per heavy atom. The molecule has 0 heterocycles. The van der Waals surface area contributed by atoms with Crippen LogP contribution in [0.25, 0.3) is 22.3 Å². The van der Waals surface area contributed by atoms with Gasteiger partial charge in [0.25, 0.3) is 0 Å². The lowest BCUT2D eigenvalue weighted by Gasteiger charge is -2.34. The molecule has 4 aromatic carbocycles. The lowest BCUT2D eigenvalue weighted by atomic mass is 9.71. The molecular formula is C39H48O2. The van der Waals surface area contributed by atoms with Crippen molar-refractivity contribution in [2.75, 3.05) is 7.11 Å². The van der Waals surface area contributed by atoms with Gasteiger partial charge in [-0.2, -0.15) is 0 Å². The highest BCUT2D eigenvalue weighted by Crippen LogP contribution is 2.47. The van der Waals surface area contributed by atoms with Crippen LogP contribution in [0.5, 0.6) is 11.5 Å². The number of hydrogen-bond acceptors (Lipinski definition) is 2. The van der Waals surface area contributed by atoms with Gasteiger partial charge in [0.2, 0.25) is 0 Å². The number of phenols is 1. The van der Waals surface area contributed by atoms with E-state index in [1.807, 2.05) is 0 Å². The van der Waals surface area contributed by atoms with Gasteiger partial charge >= 0.3 is 0 Å². The van der Waals surface area contributed by atoms with E-state index >= 15 is 0 Å². The Bertz CT molecular complexity index is 1540. The molecule has 216 valence electrons. The van der Waals surface area contributed by atoms with Crippen LogP contribution in [0.3, 0.4) is 0 Å². The highest BCUT2D eigenvalue weighted by Gasteiger charge is 2.32. The number of aromatic hydroxyl groups is 1. The maximum absolute atomic E-state index is 11.6. The largest absolute Gasteiger partial charge is 0.507 e. The molecule has 0 aliphatic rings. The zero-order valence-electron chi connectivity index (χ0n) is 27.0. The van der Waals surface area contributed by atoms with Crippen molar-refractivity contribution in [1.82, 2.24) is 0 Å². The van der Waals surface area contributed by atoms with Crippen LogP contribution >= 0.6 is 0 Å². The Hall–Kier alpha value is -3.52. The predicted molar refractivity (Wildman–Crippen MR) is 176 cm³/mol. The zero-order chi connectivity index (χ0) is 30.3. The number of benzene rings is 4. The average Bonchev–Trinajstić information content (AvgIpc) is 2.87. The fourth-order valence-corrected chi connectivity index (χ4v) is 6.88. The van der Waals surface area contributed by atoms with Gasteiger partial charge in [0.1, 0.15) is 11.5 Å². The third kappa shape index (κ3) is 5.94. The summed E-state index contributed by atoms with van der Waals surface area (Å²) in [5.41, 5.74) is 13.8. The van der Waals surface area contributed by atoms with E-state index in [0.29, 0.717) is 5.75 Å². The van der Waals surface area contributed by atoms with E-state index in [-0.39, 0.29) is 10.8 Å². The summed E-state index contributed by atoms with van der Waals surface area (Å²) in [5.74, 6) is 1.36. The minimum Gasteiger partial charge on any atom is -0.507 e. The zero-order valence-corrected chi connectivity index (χ0v) is 27.0. The molecule has 2 heteroatoms. The number of hydrogen-bond donors (Lipinski definition) is 1. The first kappa shape index (κ1) is 30.4. The third-order valence-electron chi connectivity index (χ3n) is 8.98. The molecule has 4 aromatic rings. The molecule has 0 spiro atoms. The minimum atomic E-state index is -0.223. The molecule has 0 atom stereocenters. The second kappa shape index (κ2) is 11.4. The number of rotatable bonds is 8. The summed E-state index contributed by atoms with van der Waals surface area (Å²) in [7, 11) is 1.79. The molecule has 0 saturated heterocycles. The van der Waals surface area contributed by atoms with Crippen LogP contribution in [0, 0.1) is 41.5 Å². The number of para-hydroxylation sites is 2. The molecule has 41 heavy (non-hydrogen) atoms. The summed E-state index contributed by atoms with van der Waals surface area (Å²) in [5, 5.41) is 11.6. The van der Waals surface area contributed by atoms with Crippen LogP contribution in [0.2, 0.25) is 0 Å². The fraction of sp³-hybridized carbons (Fsp3) is 0.385. The molecular weight excluding hydrogens is 500 g/mol. The molecule has 2 nitrogen and oxygen atoms in total. The highest BCUT2D eigenvalue weighted by atomic mass is 16.5. The van der Waals surface area contributed by atoms with E-state index in [1.165, 1.54) is 44.5 Å². The van der Waals surface area contributed by atoms with E-state index in [1.54, 1.807) is 7.11 Å². The molecule has 0 aromatic heterocycles. The van der Waals surface area contributed by atoms with Crippen molar-refractivity contribution in [2.45, 2.75) is 92.9 Å². The standard InChI is InChI=1S/C39H48O2/c1-24-20-26(3)34(27(4)21-24)30-14-12-16-32(36(30)40)38(7,8)18-19-39(9,10)33-17-13-15-31(37(33)41-11)35-28(5)22-25(2)23-29(35)6/h12-17,20-23,40H,18-19H2,1-11H3. The highest BCUT2D eigenvalue weighted by molar-refractivity contribution is 5.79. The van der Waals surface area contributed by atoms with Crippen molar-refractivity contribution in [3.05, 3.63) is 105 Å². The van der Waals surface area contributed by atoms with Gasteiger partial charge in [0.15, 0.2) is 0 Å². The summed E-state index contributed by atoms with van der Waals surface area (Å²) in [6.07, 6.45) is 1.86. The number of phenolic OH excluding ortho intramolecular Hbond substituents is 1. The van der Waals surface area contributed by atoms with Crippen LogP contribution in [0.4, 0.5) is 0 Å². The first-order valence-electron chi connectivity index (χ1n) is 14.8. The number of methoxy groups -OCH3 is 1. The maximum Gasteiger partial charge on any atom is 0.130 e. The summed E-state index contributed by atoms with van der Waals surface area (Å²) >= 11 is 0. The molecule has 0 unspecified atom stereocenters. The van der Waals surface area contributed by atoms with Crippen molar-refractivity contribution in [2.24, 2.45) is 0 Å². The van der Waals surface area contributed by atoms with Crippen molar-refractivity contribution in [1.29, 1.82) is 0 Å². The molecule has 0 aliphatic heterocycles. The SMILES string of the molecule is COc1c(-c2c(C)cc(C)cc2C)cccc1C(C)(C)CCC(C)(C)c1cccc(-c2c(C)cc(C)cc2C)c1O. The summed E-state index contributed by atoms with van der Waals surface area (Å²) < 4.78 is 6.15. The Morgan fingerprint density at radius 2 is 0.976 bits per heavy atom. The molecule has 0 aliphatic carbocycles. The number of aryl methyl sites for hydroxylation is 6. The van der Waals surface area contributed by atoms with E-state index in [9.17, 15) is 5.11 Å². The van der Waals surface area contributed by atoms with Crippen LogP contribution in [0.15, 0.2) is 60.7 Å². The number of ether oxygens (including phenoxy) is 1. The second-order valence-electron chi connectivity index (χ2n) is 13.4. The van der Waals surface area contributed by atoms with Crippen LogP contribution in [-0.4, -0.2) is 12.2 Å². The average molecular weight is 549 g/mol. The maximum atomic E-state index is 11.6. The van der Waals surface area contributed by atoms with Crippen LogP contribution in [0.1, 0.15) is 85.0 Å². The Morgan fingerprint density at radius 1 is 0.585 bits per heavy atom. The first-order valence-corrected chi connectivity index (χ1v) is 14.8. The molecule has 1 N–H and O–H groups in total. The van der Waals surface area contributed by atoms with Gasteiger partial charge in [-0.1, -0.05) is 99.5 Å². The molecule has 0 amide bonds. The van der Waals surface area contributed by atoms with Gasteiger partial charge in [-0.3, -0.25) is 0 Å². The first-order chi connectivity index (χ1) is 19.2. The van der Waals surface area contributed by atoms with Gasteiger partial charge in [0.05, 0.1) is 7.11 Å². The topological polar surface area (TPSA) is 29.5 Å². The molecule has 0 radical (unpaired) electrons. The fourth-order valence-electron chi connectivity index (χ4n) is 6.88. The van der Waals surface area contributed by atoms with Crippen LogP contribution in [-0.2, 0) is 10.8 Å². The van der Waals surface area contributed by atoms with Crippen LogP contribution < -0.4 is 4.74 Å². The van der Waals surface area contributed by atoms with Gasteiger partial charge in [-0.25, -0.2) is 0 Å². The van der Waals surface area contributed by atoms with Gasteiger partial charge in [-0.15, -0.1) is 0 Å². The minimum absolute atomic E-state index is 0.136. The Kier molecular flexibility index (Phi) is 8.46. The summed E-state index contributed by atoms with van der Waals surface area (Å²) in [6, 6.07) is 21.7. The molecule has 4 rings (SSSR count). The molecule has 0 bridgehead atoms. The smallest absolute Gasteiger partial charge is 0.130 e. The quantitative estimate of drug-likeness (QED) is 0.237. The Balaban J connectivity index is 1.69. The lowest BCUT2D eigenvalue weighted by molar-refractivity contribution is 0.346. The van der Waals surface area contributed by atoms with Crippen molar-refractivity contribution in [3.8, 4) is 33.8 Å². The monoisotopic (exact) mass is 548 g/mol.